The summed E-state index contributed by atoms with van der Waals surface area (Å²) >= 11 is 0. The lowest BCUT2D eigenvalue weighted by Crippen LogP contribution is -2.20. The third-order valence-electron chi connectivity index (χ3n) is 1.55. The van der Waals surface area contributed by atoms with Gasteiger partial charge in [0.15, 0.2) is 0 Å². The van der Waals surface area contributed by atoms with Gasteiger partial charge in [-0.15, -0.1) is 13.2 Å². The first-order valence-corrected chi connectivity index (χ1v) is 3.74. The fourth-order valence-electron chi connectivity index (χ4n) is 0.828. The van der Waals surface area contributed by atoms with E-state index in [0.717, 1.165) is 6.08 Å². The molecule has 3 nitrogen and oxygen atoms in total. The van der Waals surface area contributed by atoms with E-state index < -0.39 is 11.9 Å². The molecule has 3 heteroatoms. The summed E-state index contributed by atoms with van der Waals surface area (Å²) in [5.41, 5.74) is 0.349. The highest BCUT2D eigenvalue weighted by Crippen LogP contribution is 2.22. The molecule has 1 unspecified atom stereocenters. The predicted molar refractivity (Wildman–Crippen MR) is 50.5 cm³/mol. The molecule has 0 spiro atoms. The van der Waals surface area contributed by atoms with Gasteiger partial charge in [-0.1, -0.05) is 18.7 Å². The number of carbonyl (C=O) groups is 1. The van der Waals surface area contributed by atoms with Crippen LogP contribution in [0.15, 0.2) is 37.5 Å². The molecule has 1 atom stereocenters. The van der Waals surface area contributed by atoms with Crippen LogP contribution in [0.5, 0.6) is 0 Å². The molecular formula is C10H13O3. The lowest BCUT2D eigenvalue weighted by molar-refractivity contribution is -0.140. The molecule has 13 heavy (non-hydrogen) atoms. The average molecular weight is 181 g/mol. The SMILES string of the molecule is C=CCC(=C)[C](O)C(C=C)C(=O)O. The predicted octanol–water partition coefficient (Wildman–Crippen LogP) is 1.91. The Labute approximate surface area is 77.7 Å². The Bertz CT molecular complexity index is 230. The molecule has 0 heterocycles. The van der Waals surface area contributed by atoms with Gasteiger partial charge in [0.05, 0.1) is 0 Å². The summed E-state index contributed by atoms with van der Waals surface area (Å²) in [7, 11) is 0. The molecule has 0 aliphatic heterocycles. The molecule has 0 amide bonds. The highest BCUT2D eigenvalue weighted by molar-refractivity contribution is 5.75. The molecule has 0 saturated carbocycles. The molecular weight excluding hydrogens is 168 g/mol. The molecule has 0 fully saturated rings. The maximum Gasteiger partial charge on any atom is 0.313 e. The Balaban J connectivity index is 4.44. The van der Waals surface area contributed by atoms with Crippen LogP contribution < -0.4 is 0 Å². The van der Waals surface area contributed by atoms with E-state index in [0.29, 0.717) is 12.0 Å². The monoisotopic (exact) mass is 181 g/mol. The van der Waals surface area contributed by atoms with Gasteiger partial charge < -0.3 is 10.2 Å². The number of carboxylic acid groups (broad SMARTS) is 1. The molecule has 1 radical (unpaired) electrons. The Kier molecular flexibility index (Phi) is 4.77. The molecule has 0 rings (SSSR count). The normalized spacial score (nSPS) is 12.2. The first-order valence-electron chi connectivity index (χ1n) is 3.74. The molecule has 0 aromatic rings. The minimum Gasteiger partial charge on any atom is -0.481 e. The van der Waals surface area contributed by atoms with Crippen molar-refractivity contribution in [2.24, 2.45) is 5.92 Å². The Morgan fingerprint density at radius 1 is 1.38 bits per heavy atom. The van der Waals surface area contributed by atoms with Crippen LogP contribution in [-0.2, 0) is 4.79 Å². The zero-order valence-corrected chi connectivity index (χ0v) is 7.36. The second-order valence-corrected chi connectivity index (χ2v) is 2.53. The van der Waals surface area contributed by atoms with E-state index in [4.69, 9.17) is 5.11 Å². The van der Waals surface area contributed by atoms with E-state index in [1.54, 1.807) is 6.08 Å². The van der Waals surface area contributed by atoms with Crippen LogP contribution in [0.25, 0.3) is 0 Å². The van der Waals surface area contributed by atoms with Crippen LogP contribution in [-0.4, -0.2) is 16.2 Å². The Morgan fingerprint density at radius 2 is 1.92 bits per heavy atom. The van der Waals surface area contributed by atoms with Crippen molar-refractivity contribution >= 4 is 5.97 Å². The lowest BCUT2D eigenvalue weighted by atomic mass is 9.95. The van der Waals surface area contributed by atoms with Gasteiger partial charge in [-0.05, 0) is 12.0 Å². The molecule has 0 aromatic heterocycles. The quantitative estimate of drug-likeness (QED) is 0.615. The molecule has 2 N–H and O–H groups in total. The Hall–Kier alpha value is -1.35. The summed E-state index contributed by atoms with van der Waals surface area (Å²) in [5.74, 6) is -2.22. The highest BCUT2D eigenvalue weighted by atomic mass is 16.4. The van der Waals surface area contributed by atoms with Gasteiger partial charge in [0, 0.05) is 0 Å². The van der Waals surface area contributed by atoms with Gasteiger partial charge in [-0.3, -0.25) is 4.79 Å². The fourth-order valence-corrected chi connectivity index (χ4v) is 0.828. The number of aliphatic hydroxyl groups excluding tert-OH is 1. The van der Waals surface area contributed by atoms with Gasteiger partial charge in [0.1, 0.15) is 12.0 Å². The van der Waals surface area contributed by atoms with E-state index in [1.165, 1.54) is 0 Å². The Morgan fingerprint density at radius 3 is 2.23 bits per heavy atom. The third-order valence-corrected chi connectivity index (χ3v) is 1.55. The smallest absolute Gasteiger partial charge is 0.313 e. The third kappa shape index (κ3) is 3.25. The van der Waals surface area contributed by atoms with Crippen LogP contribution in [0, 0.1) is 12.0 Å². The minimum absolute atomic E-state index is 0.262. The molecule has 0 aromatic carbocycles. The standard InChI is InChI=1S/C10H13O3/c1-4-6-7(3)9(11)8(5-2)10(12)13/h4-5,8,11H,1-3,6H2,(H,12,13). The van der Waals surface area contributed by atoms with Gasteiger partial charge >= 0.3 is 5.97 Å². The van der Waals surface area contributed by atoms with Crippen LogP contribution in [0.4, 0.5) is 0 Å². The number of aliphatic carboxylic acids is 1. The largest absolute Gasteiger partial charge is 0.481 e. The van der Waals surface area contributed by atoms with Crippen molar-refractivity contribution in [3.05, 3.63) is 43.6 Å². The summed E-state index contributed by atoms with van der Waals surface area (Å²) in [5, 5.41) is 18.0. The lowest BCUT2D eigenvalue weighted by Gasteiger charge is -2.15. The van der Waals surface area contributed by atoms with Crippen molar-refractivity contribution in [2.45, 2.75) is 6.42 Å². The van der Waals surface area contributed by atoms with Crippen molar-refractivity contribution in [2.75, 3.05) is 0 Å². The molecule has 71 valence electrons. The van der Waals surface area contributed by atoms with Gasteiger partial charge in [-0.2, -0.15) is 0 Å². The van der Waals surface area contributed by atoms with Gasteiger partial charge in [0.2, 0.25) is 0 Å². The minimum atomic E-state index is -1.14. The number of hydrogen-bond donors (Lipinski definition) is 2. The number of aliphatic hydroxyl groups is 1. The summed E-state index contributed by atoms with van der Waals surface area (Å²) in [6.07, 6.45) is 2.80. The second-order valence-electron chi connectivity index (χ2n) is 2.53. The molecule has 0 saturated heterocycles. The number of allylic oxidation sites excluding steroid dienone is 1. The summed E-state index contributed by atoms with van der Waals surface area (Å²) < 4.78 is 0. The first-order chi connectivity index (χ1) is 6.04. The number of carboxylic acids is 1. The second kappa shape index (κ2) is 5.32. The van der Waals surface area contributed by atoms with Crippen LogP contribution in [0.1, 0.15) is 6.42 Å². The number of hydrogen-bond acceptors (Lipinski definition) is 2. The summed E-state index contributed by atoms with van der Waals surface area (Å²) in [6, 6.07) is 0. The van der Waals surface area contributed by atoms with Crippen LogP contribution >= 0.6 is 0 Å². The first kappa shape index (κ1) is 11.6. The summed E-state index contributed by atoms with van der Waals surface area (Å²) in [4.78, 5) is 10.6. The maximum atomic E-state index is 10.6. The fraction of sp³-hybridized carbons (Fsp3) is 0.200. The summed E-state index contributed by atoms with van der Waals surface area (Å²) in [6.45, 7) is 10.3. The molecule has 0 bridgehead atoms. The van der Waals surface area contributed by atoms with Gasteiger partial charge in [0.25, 0.3) is 0 Å². The van der Waals surface area contributed by atoms with E-state index >= 15 is 0 Å². The highest BCUT2D eigenvalue weighted by Gasteiger charge is 2.25. The van der Waals surface area contributed by atoms with Crippen LogP contribution in [0.2, 0.25) is 0 Å². The van der Waals surface area contributed by atoms with E-state index in [1.807, 2.05) is 0 Å². The van der Waals surface area contributed by atoms with Gasteiger partial charge in [-0.25, -0.2) is 0 Å². The average Bonchev–Trinajstić information content (AvgIpc) is 2.05. The van der Waals surface area contributed by atoms with E-state index in [2.05, 4.69) is 19.7 Å². The van der Waals surface area contributed by atoms with E-state index in [-0.39, 0.29) is 6.10 Å². The molecule has 0 aliphatic carbocycles. The van der Waals surface area contributed by atoms with Crippen molar-refractivity contribution in [1.82, 2.24) is 0 Å². The van der Waals surface area contributed by atoms with Crippen molar-refractivity contribution in [3.63, 3.8) is 0 Å². The molecule has 0 aliphatic rings. The topological polar surface area (TPSA) is 57.5 Å². The number of rotatable bonds is 6. The van der Waals surface area contributed by atoms with Crippen LogP contribution in [0.3, 0.4) is 0 Å². The maximum absolute atomic E-state index is 10.6. The van der Waals surface area contributed by atoms with Crippen molar-refractivity contribution in [1.29, 1.82) is 0 Å². The zero-order chi connectivity index (χ0) is 10.4. The van der Waals surface area contributed by atoms with E-state index in [9.17, 15) is 9.90 Å². The van der Waals surface area contributed by atoms with Crippen molar-refractivity contribution in [3.8, 4) is 0 Å². The zero-order valence-electron chi connectivity index (χ0n) is 7.36. The van der Waals surface area contributed by atoms with Crippen molar-refractivity contribution < 1.29 is 15.0 Å².